The Hall–Kier alpha value is -0.800. The van der Waals surface area contributed by atoms with Gasteiger partial charge in [-0.15, -0.1) is 0 Å². The molecule has 0 radical (unpaired) electrons. The average Bonchev–Trinajstić information content (AvgIpc) is 2.80. The molecule has 160 valence electrons. The Kier molecular flexibility index (Phi) is 6.06. The van der Waals surface area contributed by atoms with Crippen LogP contribution in [0.1, 0.15) is 0 Å². The summed E-state index contributed by atoms with van der Waals surface area (Å²) in [6.45, 7) is 0. The van der Waals surface area contributed by atoms with E-state index < -0.39 is 0 Å². The molecule has 4 aromatic rings. The van der Waals surface area contributed by atoms with Gasteiger partial charge in [0.15, 0.2) is 0 Å². The van der Waals surface area contributed by atoms with Crippen molar-refractivity contribution >= 4 is 92.8 Å². The fraction of sp³-hybridized carbons (Fsp3) is 0. The van der Waals surface area contributed by atoms with E-state index in [2.05, 4.69) is 0 Å². The van der Waals surface area contributed by atoms with E-state index in [9.17, 15) is 0 Å². The molecule has 0 heterocycles. The molecule has 0 atom stereocenters. The number of hydrogen-bond donors (Lipinski definition) is 0. The van der Waals surface area contributed by atoms with E-state index in [0.29, 0.717) is 22.3 Å². The summed E-state index contributed by atoms with van der Waals surface area (Å²) in [5.41, 5.74) is 5.55. The van der Waals surface area contributed by atoms with Crippen LogP contribution in [0.2, 0.25) is 40.2 Å². The number of halogens is 8. The Balaban J connectivity index is 2.14. The summed E-state index contributed by atoms with van der Waals surface area (Å²) >= 11 is 53.0. The van der Waals surface area contributed by atoms with Crippen LogP contribution in [-0.4, -0.2) is 0 Å². The smallest absolute Gasteiger partial charge is 0.0800 e. The Morgan fingerprint density at radius 2 is 0.469 bits per heavy atom. The maximum absolute atomic E-state index is 6.78. The van der Waals surface area contributed by atoms with E-state index in [-0.39, 0.29) is 40.2 Å². The zero-order valence-electron chi connectivity index (χ0n) is 15.6. The first kappa shape index (κ1) is 23.0. The highest BCUT2D eigenvalue weighted by Crippen LogP contribution is 2.59. The van der Waals surface area contributed by atoms with Gasteiger partial charge in [0.25, 0.3) is 0 Å². The van der Waals surface area contributed by atoms with Gasteiger partial charge in [-0.2, -0.15) is 0 Å². The molecule has 0 saturated heterocycles. The quantitative estimate of drug-likeness (QED) is 0.126. The van der Waals surface area contributed by atoms with Crippen molar-refractivity contribution in [2.45, 2.75) is 0 Å². The summed E-state index contributed by atoms with van der Waals surface area (Å²) in [7, 11) is 0. The van der Waals surface area contributed by atoms with Crippen molar-refractivity contribution in [3.05, 3.63) is 88.7 Å². The molecule has 8 heteroatoms. The van der Waals surface area contributed by atoms with Gasteiger partial charge in [0.1, 0.15) is 0 Å². The van der Waals surface area contributed by atoms with Crippen molar-refractivity contribution in [2.75, 3.05) is 0 Å². The van der Waals surface area contributed by atoms with Crippen LogP contribution in [0, 0.1) is 0 Å². The number of benzene rings is 4. The molecule has 0 nitrogen and oxygen atoms in total. The highest BCUT2D eigenvalue weighted by atomic mass is 35.5. The number of fused-ring (bicyclic) bond motifs is 8. The van der Waals surface area contributed by atoms with Crippen LogP contribution in [-0.2, 0) is 0 Å². The first-order valence-corrected chi connectivity index (χ1v) is 12.2. The van der Waals surface area contributed by atoms with Gasteiger partial charge in [-0.3, -0.25) is 0 Å². The molecule has 0 saturated carbocycles. The molecule has 0 bridgehead atoms. The summed E-state index contributed by atoms with van der Waals surface area (Å²) in [5.74, 6) is 0. The lowest BCUT2D eigenvalue weighted by Crippen LogP contribution is -2.01. The summed E-state index contributed by atoms with van der Waals surface area (Å²) in [6, 6.07) is 15.2. The molecule has 0 aliphatic heterocycles. The molecule has 0 fully saturated rings. The molecule has 0 unspecified atom stereocenters. The van der Waals surface area contributed by atoms with Gasteiger partial charge in [0.2, 0.25) is 0 Å². The van der Waals surface area contributed by atoms with Crippen molar-refractivity contribution < 1.29 is 0 Å². The minimum absolute atomic E-state index is 0.170. The van der Waals surface area contributed by atoms with Crippen LogP contribution in [0.5, 0.6) is 0 Å². The zero-order valence-corrected chi connectivity index (χ0v) is 21.7. The van der Waals surface area contributed by atoms with Gasteiger partial charge in [-0.1, -0.05) is 141 Å². The van der Waals surface area contributed by atoms with Gasteiger partial charge in [-0.25, -0.2) is 0 Å². The molecular weight excluding hydrogens is 572 g/mol. The molecule has 0 aromatic heterocycles. The van der Waals surface area contributed by atoms with Crippen molar-refractivity contribution in [1.29, 1.82) is 0 Å². The monoisotopic (exact) mass is 576 g/mol. The van der Waals surface area contributed by atoms with Crippen molar-refractivity contribution in [1.82, 2.24) is 0 Å². The van der Waals surface area contributed by atoms with Crippen molar-refractivity contribution in [2.24, 2.45) is 0 Å². The highest BCUT2D eigenvalue weighted by molar-refractivity contribution is 6.56. The lowest BCUT2D eigenvalue weighted by molar-refractivity contribution is 1.52. The first-order valence-electron chi connectivity index (χ1n) is 9.17. The topological polar surface area (TPSA) is 0 Å². The number of hydrogen-bond acceptors (Lipinski definition) is 0. The van der Waals surface area contributed by atoms with Crippen LogP contribution in [0.3, 0.4) is 0 Å². The summed E-state index contributed by atoms with van der Waals surface area (Å²) < 4.78 is 0. The highest BCUT2D eigenvalue weighted by Gasteiger charge is 2.32. The van der Waals surface area contributed by atoms with Gasteiger partial charge < -0.3 is 0 Å². The fourth-order valence-corrected chi connectivity index (χ4v) is 6.23. The average molecular weight is 580 g/mol. The molecule has 32 heavy (non-hydrogen) atoms. The Labute approximate surface area is 224 Å². The largest absolute Gasteiger partial charge is 0.0819 e. The minimum Gasteiger partial charge on any atom is -0.0819 e. The van der Waals surface area contributed by atoms with Crippen LogP contribution in [0.4, 0.5) is 0 Å². The molecule has 0 amide bonds. The Morgan fingerprint density at radius 3 is 0.656 bits per heavy atom. The second-order valence-electron chi connectivity index (χ2n) is 7.10. The van der Waals surface area contributed by atoms with E-state index in [4.69, 9.17) is 92.8 Å². The second-order valence-corrected chi connectivity index (χ2v) is 10.1. The second kappa shape index (κ2) is 8.45. The number of rotatable bonds is 0. The third-order valence-electron chi connectivity index (χ3n) is 5.47. The molecule has 0 N–H and O–H groups in total. The molecule has 1 aliphatic rings. The zero-order chi connectivity index (χ0) is 22.9. The SMILES string of the molecule is Clc1c(Cl)c(Cl)c2c(c1Cl)-c1ccccc1-c1c(Cl)c(Cl)c(Cl)c(Cl)c1-c1ccccc1-2. The van der Waals surface area contributed by atoms with Gasteiger partial charge in [0.05, 0.1) is 40.2 Å². The van der Waals surface area contributed by atoms with Crippen molar-refractivity contribution in [3.8, 4) is 44.5 Å². The third-order valence-corrected chi connectivity index (χ3v) is 9.07. The maximum atomic E-state index is 6.78. The van der Waals surface area contributed by atoms with Gasteiger partial charge in [-0.05, 0) is 22.3 Å². The third kappa shape index (κ3) is 3.20. The van der Waals surface area contributed by atoms with E-state index >= 15 is 0 Å². The summed E-state index contributed by atoms with van der Waals surface area (Å²) in [5, 5.41) is 1.81. The lowest BCUT2D eigenvalue weighted by Gasteiger charge is -2.27. The normalized spacial score (nSPS) is 11.8. The Bertz CT molecular complexity index is 1240. The lowest BCUT2D eigenvalue weighted by atomic mass is 9.80. The van der Waals surface area contributed by atoms with Crippen LogP contribution < -0.4 is 0 Å². The fourth-order valence-electron chi connectivity index (χ4n) is 4.11. The van der Waals surface area contributed by atoms with Crippen LogP contribution >= 0.6 is 92.8 Å². The molecule has 0 spiro atoms. The van der Waals surface area contributed by atoms with Gasteiger partial charge >= 0.3 is 0 Å². The van der Waals surface area contributed by atoms with E-state index in [0.717, 1.165) is 22.3 Å². The predicted molar refractivity (Wildman–Crippen MR) is 142 cm³/mol. The van der Waals surface area contributed by atoms with Gasteiger partial charge in [0, 0.05) is 22.3 Å². The van der Waals surface area contributed by atoms with E-state index in [1.807, 2.05) is 48.5 Å². The van der Waals surface area contributed by atoms with Crippen LogP contribution in [0.25, 0.3) is 44.5 Å². The standard InChI is InChI=1S/C24H8Cl8/c25-17-13-9-5-1-2-6-10(9)14-16(20(28)24(32)22(30)18(14)26)12-8-4-3-7-11(12)15(13)19(27)23(31)21(17)29/h1-8H. The Morgan fingerprint density at radius 1 is 0.281 bits per heavy atom. The molecule has 4 aromatic carbocycles. The molecule has 5 rings (SSSR count). The van der Waals surface area contributed by atoms with E-state index in [1.165, 1.54) is 0 Å². The van der Waals surface area contributed by atoms with E-state index in [1.54, 1.807) is 0 Å². The van der Waals surface area contributed by atoms with Crippen molar-refractivity contribution in [3.63, 3.8) is 0 Å². The summed E-state index contributed by atoms with van der Waals surface area (Å²) in [6.07, 6.45) is 0. The first-order chi connectivity index (χ1) is 15.3. The minimum atomic E-state index is 0.170. The predicted octanol–water partition coefficient (Wildman–Crippen LogP) is 11.9. The molecular formula is C24H8Cl8. The summed E-state index contributed by atoms with van der Waals surface area (Å²) in [4.78, 5) is 0. The van der Waals surface area contributed by atoms with Crippen LogP contribution in [0.15, 0.2) is 48.5 Å². The molecule has 1 aliphatic carbocycles. The maximum Gasteiger partial charge on any atom is 0.0800 e.